The molecule has 0 saturated carbocycles. The molecule has 5 rings (SSSR count). The smallest absolute Gasteiger partial charge is 0.262 e. The zero-order valence-electron chi connectivity index (χ0n) is 16.4. The number of anilines is 1. The first-order chi connectivity index (χ1) is 14.1. The molecule has 0 radical (unpaired) electrons. The quantitative estimate of drug-likeness (QED) is 0.763. The van der Waals surface area contributed by atoms with E-state index in [0.29, 0.717) is 6.42 Å². The van der Waals surface area contributed by atoms with Crippen molar-refractivity contribution in [2.75, 3.05) is 11.9 Å². The third kappa shape index (κ3) is 3.30. The molecule has 0 fully saturated rings. The minimum Gasteiger partial charge on any atom is -0.481 e. The standard InChI is InChI=1S/C25H23NO3/c1-15-10-16(12-23-25(15)29-14-24(28)26-23)11-22-20-5-3-2-4-17(20)6-7-18-13-19(27)8-9-21(18)22/h2-5,8-12,19,27H,6-7,13-14H2,1H3,(H,26,28)/b22-11+. The molecule has 0 saturated heterocycles. The van der Waals surface area contributed by atoms with Crippen molar-refractivity contribution in [3.63, 3.8) is 0 Å². The van der Waals surface area contributed by atoms with Gasteiger partial charge in [-0.2, -0.15) is 0 Å². The molecule has 1 aliphatic heterocycles. The molecule has 2 aliphatic carbocycles. The van der Waals surface area contributed by atoms with Crippen LogP contribution < -0.4 is 10.1 Å². The van der Waals surface area contributed by atoms with Crippen LogP contribution in [0.15, 0.2) is 59.7 Å². The van der Waals surface area contributed by atoms with Crippen molar-refractivity contribution < 1.29 is 14.6 Å². The van der Waals surface area contributed by atoms with Gasteiger partial charge in [-0.1, -0.05) is 42.0 Å². The molecule has 0 spiro atoms. The van der Waals surface area contributed by atoms with Gasteiger partial charge in [-0.15, -0.1) is 0 Å². The van der Waals surface area contributed by atoms with Crippen LogP contribution in [0.25, 0.3) is 11.6 Å². The van der Waals surface area contributed by atoms with Crippen LogP contribution in [0.4, 0.5) is 5.69 Å². The lowest BCUT2D eigenvalue weighted by atomic mass is 9.87. The van der Waals surface area contributed by atoms with Gasteiger partial charge in [0.25, 0.3) is 5.91 Å². The zero-order chi connectivity index (χ0) is 20.0. The first-order valence-corrected chi connectivity index (χ1v) is 10.0. The van der Waals surface area contributed by atoms with Crippen LogP contribution >= 0.6 is 0 Å². The number of hydrogen-bond donors (Lipinski definition) is 2. The fraction of sp³-hybridized carbons (Fsp3) is 0.240. The Morgan fingerprint density at radius 2 is 2.07 bits per heavy atom. The van der Waals surface area contributed by atoms with Crippen LogP contribution in [0, 0.1) is 6.92 Å². The summed E-state index contributed by atoms with van der Waals surface area (Å²) in [4.78, 5) is 11.8. The van der Waals surface area contributed by atoms with Crippen molar-refractivity contribution in [2.24, 2.45) is 0 Å². The maximum absolute atomic E-state index is 11.8. The van der Waals surface area contributed by atoms with E-state index in [4.69, 9.17) is 4.74 Å². The normalized spacial score (nSPS) is 21.7. The van der Waals surface area contributed by atoms with E-state index in [0.717, 1.165) is 35.4 Å². The van der Waals surface area contributed by atoms with E-state index in [1.807, 2.05) is 19.1 Å². The molecule has 2 aromatic rings. The Balaban J connectivity index is 1.68. The van der Waals surface area contributed by atoms with E-state index in [1.165, 1.54) is 27.8 Å². The second-order valence-electron chi connectivity index (χ2n) is 7.91. The van der Waals surface area contributed by atoms with Gasteiger partial charge in [-0.25, -0.2) is 0 Å². The number of carbonyl (C=O) groups excluding carboxylic acids is 1. The summed E-state index contributed by atoms with van der Waals surface area (Å²) in [6.45, 7) is 2.06. The highest BCUT2D eigenvalue weighted by molar-refractivity contribution is 5.98. The Bertz CT molecular complexity index is 1110. The van der Waals surface area contributed by atoms with Crippen LogP contribution in [-0.2, 0) is 11.2 Å². The van der Waals surface area contributed by atoms with Crippen molar-refractivity contribution in [1.82, 2.24) is 0 Å². The van der Waals surface area contributed by atoms with Crippen LogP contribution in [0.5, 0.6) is 5.75 Å². The summed E-state index contributed by atoms with van der Waals surface area (Å²) in [7, 11) is 0. The Kier molecular flexibility index (Phi) is 4.36. The van der Waals surface area contributed by atoms with Gasteiger partial charge in [-0.05, 0) is 77.8 Å². The van der Waals surface area contributed by atoms with Crippen LogP contribution in [-0.4, -0.2) is 23.7 Å². The molecule has 1 unspecified atom stereocenters. The van der Waals surface area contributed by atoms with E-state index in [1.54, 1.807) is 0 Å². The lowest BCUT2D eigenvalue weighted by Crippen LogP contribution is -2.25. The molecule has 29 heavy (non-hydrogen) atoms. The van der Waals surface area contributed by atoms with Gasteiger partial charge in [-0.3, -0.25) is 4.79 Å². The van der Waals surface area contributed by atoms with Crippen molar-refractivity contribution in [3.8, 4) is 5.75 Å². The second-order valence-corrected chi connectivity index (χ2v) is 7.91. The molecule has 4 heteroatoms. The van der Waals surface area contributed by atoms with E-state index < -0.39 is 6.10 Å². The van der Waals surface area contributed by atoms with E-state index in [-0.39, 0.29) is 12.5 Å². The van der Waals surface area contributed by atoms with E-state index in [9.17, 15) is 9.90 Å². The van der Waals surface area contributed by atoms with Crippen molar-refractivity contribution in [1.29, 1.82) is 0 Å². The zero-order valence-corrected chi connectivity index (χ0v) is 16.4. The van der Waals surface area contributed by atoms with Gasteiger partial charge >= 0.3 is 0 Å². The predicted molar refractivity (Wildman–Crippen MR) is 115 cm³/mol. The molecule has 0 bridgehead atoms. The first kappa shape index (κ1) is 18.0. The number of carbonyl (C=O) groups is 1. The summed E-state index contributed by atoms with van der Waals surface area (Å²) in [6.07, 6.45) is 8.34. The molecule has 1 heterocycles. The van der Waals surface area contributed by atoms with E-state index in [2.05, 4.69) is 47.8 Å². The molecule has 146 valence electrons. The monoisotopic (exact) mass is 385 g/mol. The third-order valence-corrected chi connectivity index (χ3v) is 5.84. The van der Waals surface area contributed by atoms with Crippen LogP contribution in [0.2, 0.25) is 0 Å². The molecular weight excluding hydrogens is 362 g/mol. The lowest BCUT2D eigenvalue weighted by Gasteiger charge is -2.22. The average molecular weight is 385 g/mol. The molecule has 4 nitrogen and oxygen atoms in total. The fourth-order valence-electron chi connectivity index (χ4n) is 4.52. The summed E-state index contributed by atoms with van der Waals surface area (Å²) in [5.41, 5.74) is 8.96. The number of amides is 1. The van der Waals surface area contributed by atoms with Crippen LogP contribution in [0.1, 0.15) is 35.1 Å². The van der Waals surface area contributed by atoms with Crippen molar-refractivity contribution >= 4 is 23.2 Å². The van der Waals surface area contributed by atoms with Gasteiger partial charge in [0.1, 0.15) is 5.75 Å². The molecule has 1 atom stereocenters. The maximum atomic E-state index is 11.8. The second kappa shape index (κ2) is 7.05. The number of ether oxygens (including phenoxy) is 1. The maximum Gasteiger partial charge on any atom is 0.262 e. The SMILES string of the molecule is Cc1cc(/C=C2/C3=C(CCc4ccccc42)CC(O)C=C3)cc2c1OCC(=O)N2. The minimum atomic E-state index is -0.408. The largest absolute Gasteiger partial charge is 0.481 e. The highest BCUT2D eigenvalue weighted by Crippen LogP contribution is 2.41. The Labute approximate surface area is 170 Å². The highest BCUT2D eigenvalue weighted by Gasteiger charge is 2.24. The number of allylic oxidation sites excluding steroid dienone is 3. The van der Waals surface area contributed by atoms with Crippen LogP contribution in [0.3, 0.4) is 0 Å². The van der Waals surface area contributed by atoms with Crippen molar-refractivity contribution in [2.45, 2.75) is 32.3 Å². The molecule has 1 amide bonds. The number of fused-ring (bicyclic) bond motifs is 2. The summed E-state index contributed by atoms with van der Waals surface area (Å²) in [5, 5.41) is 13.1. The minimum absolute atomic E-state index is 0.0605. The third-order valence-electron chi connectivity index (χ3n) is 5.84. The number of nitrogens with one attached hydrogen (secondary N) is 1. The summed E-state index contributed by atoms with van der Waals surface area (Å²) < 4.78 is 5.60. The highest BCUT2D eigenvalue weighted by atomic mass is 16.5. The first-order valence-electron chi connectivity index (χ1n) is 10.0. The number of benzene rings is 2. The molecule has 0 aromatic heterocycles. The van der Waals surface area contributed by atoms with Gasteiger partial charge in [0.05, 0.1) is 11.8 Å². The van der Waals surface area contributed by atoms with E-state index >= 15 is 0 Å². The summed E-state index contributed by atoms with van der Waals surface area (Å²) in [6, 6.07) is 12.6. The summed E-state index contributed by atoms with van der Waals surface area (Å²) in [5.74, 6) is 0.615. The average Bonchev–Trinajstić information content (AvgIpc) is 2.85. The number of aryl methyl sites for hydroxylation is 2. The molecule has 3 aliphatic rings. The Hall–Kier alpha value is -3.11. The molecule has 2 aromatic carbocycles. The van der Waals surface area contributed by atoms with Gasteiger partial charge in [0.2, 0.25) is 0 Å². The number of rotatable bonds is 1. The lowest BCUT2D eigenvalue weighted by molar-refractivity contribution is -0.118. The topological polar surface area (TPSA) is 58.6 Å². The van der Waals surface area contributed by atoms with Gasteiger partial charge in [0, 0.05) is 0 Å². The Morgan fingerprint density at radius 3 is 2.97 bits per heavy atom. The predicted octanol–water partition coefficient (Wildman–Crippen LogP) is 4.43. The van der Waals surface area contributed by atoms with Gasteiger partial charge < -0.3 is 15.2 Å². The van der Waals surface area contributed by atoms with Gasteiger partial charge in [0.15, 0.2) is 6.61 Å². The number of aliphatic hydroxyl groups excluding tert-OH is 1. The summed E-state index contributed by atoms with van der Waals surface area (Å²) >= 11 is 0. The number of hydrogen-bond acceptors (Lipinski definition) is 3. The van der Waals surface area contributed by atoms with Crippen molar-refractivity contribution in [3.05, 3.63) is 82.0 Å². The number of aliphatic hydroxyl groups is 1. The fourth-order valence-corrected chi connectivity index (χ4v) is 4.52. The Morgan fingerprint density at radius 1 is 1.21 bits per heavy atom. The molecule has 2 N–H and O–H groups in total. The molecular formula is C25H23NO3.